The van der Waals surface area contributed by atoms with E-state index < -0.39 is 12.0 Å². The van der Waals surface area contributed by atoms with Crippen molar-refractivity contribution in [3.63, 3.8) is 0 Å². The Morgan fingerprint density at radius 1 is 1.08 bits per heavy atom. The quantitative estimate of drug-likeness (QED) is 0.551. The van der Waals surface area contributed by atoms with E-state index in [0.717, 1.165) is 32.1 Å². The van der Waals surface area contributed by atoms with Crippen LogP contribution in [0.15, 0.2) is 35.7 Å². The van der Waals surface area contributed by atoms with Crippen LogP contribution in [0.3, 0.4) is 0 Å². The van der Waals surface area contributed by atoms with E-state index in [-0.39, 0.29) is 4.96 Å². The highest BCUT2D eigenvalue weighted by Crippen LogP contribution is 2.30. The molecule has 0 bridgehead atoms. The van der Waals surface area contributed by atoms with Crippen LogP contribution in [0.25, 0.3) is 15.5 Å². The zero-order chi connectivity index (χ0) is 16.7. The summed E-state index contributed by atoms with van der Waals surface area (Å²) in [6.07, 6.45) is -4.22. The van der Waals surface area contributed by atoms with Gasteiger partial charge in [-0.25, -0.2) is 4.98 Å². The number of thiazole rings is 1. The normalized spacial score (nSPS) is 12.1. The van der Waals surface area contributed by atoms with Crippen molar-refractivity contribution in [2.45, 2.75) is 12.6 Å². The van der Waals surface area contributed by atoms with Crippen LogP contribution >= 0.6 is 22.7 Å². The molecule has 0 saturated carbocycles. The van der Waals surface area contributed by atoms with Gasteiger partial charge >= 0.3 is 6.18 Å². The molecule has 3 heterocycles. The third-order valence-electron chi connectivity index (χ3n) is 3.19. The van der Waals surface area contributed by atoms with Gasteiger partial charge in [-0.15, -0.1) is 21.5 Å². The Morgan fingerprint density at radius 3 is 2.62 bits per heavy atom. The fraction of sp³-hybridized carbons (Fsp3) is 0.143. The van der Waals surface area contributed by atoms with Gasteiger partial charge in [-0.2, -0.15) is 22.8 Å². The lowest BCUT2D eigenvalue weighted by Crippen LogP contribution is -2.11. The van der Waals surface area contributed by atoms with E-state index in [1.165, 1.54) is 11.3 Å². The van der Waals surface area contributed by atoms with Crippen LogP contribution in [0.4, 0.5) is 13.2 Å². The highest BCUT2D eigenvalue weighted by atomic mass is 32.1. The molecule has 122 valence electrons. The van der Waals surface area contributed by atoms with Gasteiger partial charge in [0.25, 0.3) is 5.82 Å². The van der Waals surface area contributed by atoms with Gasteiger partial charge < -0.3 is 0 Å². The standard InChI is InChI=1S/C14H8F3N5S2/c15-14(16,17)12-19-20-13-22(12)21-10(24-13)6-9-7-23-11(18-9)8-4-2-1-3-5-8/h1-5,7H,6H2. The van der Waals surface area contributed by atoms with Gasteiger partial charge in [0.05, 0.1) is 5.69 Å². The molecule has 0 radical (unpaired) electrons. The van der Waals surface area contributed by atoms with Gasteiger partial charge in [0.1, 0.15) is 10.0 Å². The fourth-order valence-corrected chi connectivity index (χ4v) is 3.84. The van der Waals surface area contributed by atoms with Gasteiger partial charge in [-0.1, -0.05) is 41.7 Å². The Bertz CT molecular complexity index is 987. The van der Waals surface area contributed by atoms with Crippen LogP contribution in [0, 0.1) is 0 Å². The van der Waals surface area contributed by atoms with E-state index in [2.05, 4.69) is 20.3 Å². The van der Waals surface area contributed by atoms with Gasteiger partial charge in [-0.05, 0) is 0 Å². The van der Waals surface area contributed by atoms with Crippen molar-refractivity contribution in [2.24, 2.45) is 0 Å². The SMILES string of the molecule is FC(F)(F)c1nnc2sc(Cc3csc(-c4ccccc4)n3)nn12. The third kappa shape index (κ3) is 2.78. The van der Waals surface area contributed by atoms with Crippen molar-refractivity contribution < 1.29 is 13.2 Å². The molecule has 24 heavy (non-hydrogen) atoms. The van der Waals surface area contributed by atoms with E-state index in [9.17, 15) is 13.2 Å². The van der Waals surface area contributed by atoms with Gasteiger partial charge in [0.2, 0.25) is 4.96 Å². The highest BCUT2D eigenvalue weighted by Gasteiger charge is 2.38. The fourth-order valence-electron chi connectivity index (χ4n) is 2.16. The molecule has 0 unspecified atom stereocenters. The van der Waals surface area contributed by atoms with E-state index in [0.29, 0.717) is 11.4 Å². The largest absolute Gasteiger partial charge is 0.453 e. The first-order valence-corrected chi connectivity index (χ1v) is 8.48. The molecule has 0 amide bonds. The number of alkyl halides is 3. The molecule has 0 N–H and O–H groups in total. The first kappa shape index (κ1) is 15.2. The summed E-state index contributed by atoms with van der Waals surface area (Å²) in [6.45, 7) is 0. The molecule has 10 heteroatoms. The predicted octanol–water partition coefficient (Wildman–Crippen LogP) is 3.92. The molecule has 0 aliphatic rings. The van der Waals surface area contributed by atoms with Crippen molar-refractivity contribution in [3.05, 3.63) is 52.2 Å². The maximum Gasteiger partial charge on any atom is 0.453 e. The second-order valence-corrected chi connectivity index (χ2v) is 6.80. The third-order valence-corrected chi connectivity index (χ3v) is 5.03. The summed E-state index contributed by atoms with van der Waals surface area (Å²) in [6, 6.07) is 9.70. The summed E-state index contributed by atoms with van der Waals surface area (Å²) in [5.74, 6) is -1.11. The first-order valence-electron chi connectivity index (χ1n) is 6.79. The topological polar surface area (TPSA) is 56.0 Å². The smallest absolute Gasteiger partial charge is 0.241 e. The number of hydrogen-bond acceptors (Lipinski definition) is 6. The van der Waals surface area contributed by atoms with Crippen LogP contribution < -0.4 is 0 Å². The Hall–Kier alpha value is -2.33. The number of halogens is 3. The van der Waals surface area contributed by atoms with E-state index in [4.69, 9.17) is 0 Å². The predicted molar refractivity (Wildman–Crippen MR) is 84.0 cm³/mol. The number of rotatable bonds is 3. The number of hydrogen-bond donors (Lipinski definition) is 0. The molecule has 0 fully saturated rings. The number of aromatic nitrogens is 5. The molecule has 0 aliphatic heterocycles. The van der Waals surface area contributed by atoms with Crippen LogP contribution in [-0.4, -0.2) is 24.8 Å². The zero-order valence-electron chi connectivity index (χ0n) is 11.9. The molecule has 0 atom stereocenters. The van der Waals surface area contributed by atoms with Crippen molar-refractivity contribution in [2.75, 3.05) is 0 Å². The minimum atomic E-state index is -4.58. The molecule has 4 aromatic rings. The molecule has 0 saturated heterocycles. The molecule has 0 aliphatic carbocycles. The highest BCUT2D eigenvalue weighted by molar-refractivity contribution is 7.16. The van der Waals surface area contributed by atoms with Crippen LogP contribution in [0.2, 0.25) is 0 Å². The monoisotopic (exact) mass is 367 g/mol. The van der Waals surface area contributed by atoms with Gasteiger partial charge in [-0.3, -0.25) is 0 Å². The molecular formula is C14H8F3N5S2. The van der Waals surface area contributed by atoms with Crippen LogP contribution in [0.5, 0.6) is 0 Å². The first-order chi connectivity index (χ1) is 11.5. The van der Waals surface area contributed by atoms with Gasteiger partial charge in [0, 0.05) is 17.4 Å². The summed E-state index contributed by atoms with van der Waals surface area (Å²) in [5.41, 5.74) is 1.77. The minimum absolute atomic E-state index is 0.121. The minimum Gasteiger partial charge on any atom is -0.241 e. The zero-order valence-corrected chi connectivity index (χ0v) is 13.5. The molecule has 1 aromatic carbocycles. The average molecular weight is 367 g/mol. The van der Waals surface area contributed by atoms with Crippen molar-refractivity contribution in [3.8, 4) is 10.6 Å². The summed E-state index contributed by atoms with van der Waals surface area (Å²) in [4.78, 5) is 4.64. The van der Waals surface area contributed by atoms with E-state index in [1.54, 1.807) is 0 Å². The summed E-state index contributed by atoms with van der Waals surface area (Å²) >= 11 is 2.57. The number of nitrogens with zero attached hydrogens (tertiary/aromatic N) is 5. The van der Waals surface area contributed by atoms with Crippen molar-refractivity contribution in [1.82, 2.24) is 24.8 Å². The van der Waals surface area contributed by atoms with Crippen LogP contribution in [0.1, 0.15) is 16.5 Å². The molecule has 5 nitrogen and oxygen atoms in total. The van der Waals surface area contributed by atoms with E-state index >= 15 is 0 Å². The molecule has 0 spiro atoms. The lowest BCUT2D eigenvalue weighted by Gasteiger charge is -2.00. The van der Waals surface area contributed by atoms with Gasteiger partial charge in [0.15, 0.2) is 0 Å². The Labute approximate surface area is 141 Å². The summed E-state index contributed by atoms with van der Waals surface area (Å²) in [7, 11) is 0. The molecule has 3 aromatic heterocycles. The lowest BCUT2D eigenvalue weighted by molar-refractivity contribution is -0.146. The lowest BCUT2D eigenvalue weighted by atomic mass is 10.2. The second-order valence-electron chi connectivity index (χ2n) is 4.90. The van der Waals surface area contributed by atoms with Crippen molar-refractivity contribution in [1.29, 1.82) is 0 Å². The number of fused-ring (bicyclic) bond motifs is 1. The van der Waals surface area contributed by atoms with E-state index in [1.807, 2.05) is 35.7 Å². The molecular weight excluding hydrogens is 359 g/mol. The second kappa shape index (κ2) is 5.64. The summed E-state index contributed by atoms with van der Waals surface area (Å²) in [5, 5.41) is 13.9. The number of benzene rings is 1. The maximum atomic E-state index is 12.8. The maximum absolute atomic E-state index is 12.8. The Morgan fingerprint density at radius 2 is 1.88 bits per heavy atom. The van der Waals surface area contributed by atoms with Crippen LogP contribution in [-0.2, 0) is 12.6 Å². The Balaban J connectivity index is 1.61. The average Bonchev–Trinajstić information content (AvgIpc) is 3.22. The van der Waals surface area contributed by atoms with Crippen molar-refractivity contribution >= 4 is 27.6 Å². The summed E-state index contributed by atoms with van der Waals surface area (Å²) < 4.78 is 39.2. The molecule has 4 rings (SSSR count). The Kier molecular flexibility index (Phi) is 3.57.